The van der Waals surface area contributed by atoms with Crippen molar-refractivity contribution >= 4 is 22.6 Å². The first-order valence-electron chi connectivity index (χ1n) is 7.96. The molecule has 1 fully saturated rings. The van der Waals surface area contributed by atoms with E-state index in [-0.39, 0.29) is 11.6 Å². The molecule has 6 heteroatoms. The van der Waals surface area contributed by atoms with Gasteiger partial charge in [-0.15, -0.1) is 5.10 Å². The Morgan fingerprint density at radius 2 is 1.83 bits per heavy atom. The molecule has 6 nitrogen and oxygen atoms in total. The summed E-state index contributed by atoms with van der Waals surface area (Å²) in [5, 5.41) is 13.6. The van der Waals surface area contributed by atoms with Crippen molar-refractivity contribution < 1.29 is 4.79 Å². The lowest BCUT2D eigenvalue weighted by atomic mass is 10.1. The number of amides is 2. The van der Waals surface area contributed by atoms with Crippen LogP contribution in [0.5, 0.6) is 0 Å². The maximum absolute atomic E-state index is 12.2. The number of hydrogen-bond acceptors (Lipinski definition) is 4. The highest BCUT2D eigenvalue weighted by Gasteiger charge is 2.25. The first-order chi connectivity index (χ1) is 10.9. The molecule has 0 bridgehead atoms. The second-order valence-electron chi connectivity index (χ2n) is 6.91. The Bertz CT molecular complexity index is 696. The molecule has 0 atom stereocenters. The van der Waals surface area contributed by atoms with E-state index < -0.39 is 0 Å². The van der Waals surface area contributed by atoms with Crippen molar-refractivity contribution in [1.82, 2.24) is 20.4 Å². The van der Waals surface area contributed by atoms with Gasteiger partial charge in [-0.3, -0.25) is 0 Å². The van der Waals surface area contributed by atoms with Gasteiger partial charge in [0.15, 0.2) is 5.82 Å². The van der Waals surface area contributed by atoms with E-state index in [9.17, 15) is 4.79 Å². The number of rotatable bonds is 1. The van der Waals surface area contributed by atoms with Crippen LogP contribution in [0.3, 0.4) is 0 Å². The fourth-order valence-electron chi connectivity index (χ4n) is 2.77. The number of piperazine rings is 1. The molecular weight excluding hydrogens is 290 g/mol. The molecule has 0 saturated carbocycles. The fraction of sp³-hybridized carbons (Fsp3) is 0.471. The van der Waals surface area contributed by atoms with Gasteiger partial charge in [-0.25, -0.2) is 4.79 Å². The third kappa shape index (κ3) is 3.52. The Balaban J connectivity index is 1.70. The minimum absolute atomic E-state index is 0.00107. The average molecular weight is 313 g/mol. The highest BCUT2D eigenvalue weighted by Crippen LogP contribution is 2.24. The topological polar surface area (TPSA) is 61.4 Å². The molecule has 0 unspecified atom stereocenters. The number of anilines is 1. The number of urea groups is 1. The minimum atomic E-state index is -0.213. The van der Waals surface area contributed by atoms with Crippen molar-refractivity contribution in [2.45, 2.75) is 26.3 Å². The minimum Gasteiger partial charge on any atom is -0.351 e. The summed E-state index contributed by atoms with van der Waals surface area (Å²) in [6, 6.07) is 8.13. The molecule has 1 aliphatic rings. The zero-order chi connectivity index (χ0) is 16.4. The van der Waals surface area contributed by atoms with Gasteiger partial charge in [0.1, 0.15) is 0 Å². The molecule has 23 heavy (non-hydrogen) atoms. The quantitative estimate of drug-likeness (QED) is 0.877. The Morgan fingerprint density at radius 3 is 2.52 bits per heavy atom. The van der Waals surface area contributed by atoms with Gasteiger partial charge in [0.05, 0.1) is 6.20 Å². The van der Waals surface area contributed by atoms with Gasteiger partial charge in [0, 0.05) is 42.5 Å². The summed E-state index contributed by atoms with van der Waals surface area (Å²) < 4.78 is 0. The van der Waals surface area contributed by atoms with E-state index in [1.165, 1.54) is 0 Å². The van der Waals surface area contributed by atoms with Crippen molar-refractivity contribution in [3.05, 3.63) is 30.5 Å². The summed E-state index contributed by atoms with van der Waals surface area (Å²) in [6.45, 7) is 8.88. The number of benzene rings is 1. The molecule has 1 aliphatic heterocycles. The number of aromatic nitrogens is 2. The van der Waals surface area contributed by atoms with Crippen molar-refractivity contribution in [3.8, 4) is 0 Å². The summed E-state index contributed by atoms with van der Waals surface area (Å²) in [4.78, 5) is 16.3. The van der Waals surface area contributed by atoms with E-state index in [4.69, 9.17) is 0 Å². The van der Waals surface area contributed by atoms with Gasteiger partial charge < -0.3 is 15.1 Å². The normalized spacial score (nSPS) is 15.8. The summed E-state index contributed by atoms with van der Waals surface area (Å²) >= 11 is 0. The molecule has 2 aromatic rings. The van der Waals surface area contributed by atoms with Crippen LogP contribution in [0.2, 0.25) is 0 Å². The fourth-order valence-corrected chi connectivity index (χ4v) is 2.77. The van der Waals surface area contributed by atoms with Crippen LogP contribution < -0.4 is 10.2 Å². The van der Waals surface area contributed by atoms with E-state index >= 15 is 0 Å². The third-order valence-electron chi connectivity index (χ3n) is 3.90. The van der Waals surface area contributed by atoms with Gasteiger partial charge in [-0.05, 0) is 20.8 Å². The number of hydrogen-bond donors (Lipinski definition) is 1. The van der Waals surface area contributed by atoms with Crippen LogP contribution in [-0.2, 0) is 0 Å². The molecule has 1 aromatic heterocycles. The number of carbonyl (C=O) groups is 1. The van der Waals surface area contributed by atoms with Crippen molar-refractivity contribution in [2.75, 3.05) is 31.1 Å². The molecule has 0 spiro atoms. The van der Waals surface area contributed by atoms with Crippen LogP contribution in [0.25, 0.3) is 10.8 Å². The molecule has 1 N–H and O–H groups in total. The third-order valence-corrected chi connectivity index (χ3v) is 3.90. The molecule has 0 radical (unpaired) electrons. The molecule has 0 aliphatic carbocycles. The van der Waals surface area contributed by atoms with Crippen molar-refractivity contribution in [1.29, 1.82) is 0 Å². The van der Waals surface area contributed by atoms with Crippen LogP contribution in [0.4, 0.5) is 10.6 Å². The van der Waals surface area contributed by atoms with Crippen LogP contribution in [0, 0.1) is 0 Å². The van der Waals surface area contributed by atoms with Gasteiger partial charge in [-0.2, -0.15) is 5.10 Å². The second kappa shape index (κ2) is 6.02. The number of nitrogens with one attached hydrogen (secondary N) is 1. The lowest BCUT2D eigenvalue weighted by molar-refractivity contribution is 0.185. The predicted octanol–water partition coefficient (Wildman–Crippen LogP) is 2.26. The first kappa shape index (κ1) is 15.5. The maximum atomic E-state index is 12.2. The Labute approximate surface area is 136 Å². The molecule has 122 valence electrons. The smallest absolute Gasteiger partial charge is 0.317 e. The van der Waals surface area contributed by atoms with E-state index in [1.54, 1.807) is 6.20 Å². The largest absolute Gasteiger partial charge is 0.351 e. The maximum Gasteiger partial charge on any atom is 0.317 e. The summed E-state index contributed by atoms with van der Waals surface area (Å²) in [7, 11) is 0. The molecule has 3 rings (SSSR count). The van der Waals surface area contributed by atoms with Gasteiger partial charge in [-0.1, -0.05) is 24.3 Å². The summed E-state index contributed by atoms with van der Waals surface area (Å²) in [5.74, 6) is 0.902. The highest BCUT2D eigenvalue weighted by atomic mass is 16.2. The molecule has 2 amide bonds. The Morgan fingerprint density at radius 1 is 1.13 bits per heavy atom. The highest BCUT2D eigenvalue weighted by molar-refractivity contribution is 5.91. The lowest BCUT2D eigenvalue weighted by Gasteiger charge is -2.37. The zero-order valence-corrected chi connectivity index (χ0v) is 13.9. The van der Waals surface area contributed by atoms with E-state index in [1.807, 2.05) is 43.9 Å². The molecule has 1 aromatic carbocycles. The Kier molecular flexibility index (Phi) is 4.07. The molecule has 2 heterocycles. The SMILES string of the molecule is CC(C)(C)NC(=O)N1CCN(c2nncc3ccccc23)CC1. The van der Waals surface area contributed by atoms with E-state index in [2.05, 4.69) is 26.5 Å². The molecular formula is C17H23N5O. The van der Waals surface area contributed by atoms with Crippen molar-refractivity contribution in [3.63, 3.8) is 0 Å². The van der Waals surface area contributed by atoms with Crippen LogP contribution >= 0.6 is 0 Å². The lowest BCUT2D eigenvalue weighted by Crippen LogP contribution is -2.55. The zero-order valence-electron chi connectivity index (χ0n) is 13.9. The van der Waals surface area contributed by atoms with Crippen molar-refractivity contribution in [2.24, 2.45) is 0 Å². The van der Waals surface area contributed by atoms with Gasteiger partial charge in [0.25, 0.3) is 0 Å². The predicted molar refractivity (Wildman–Crippen MR) is 91.6 cm³/mol. The number of fused-ring (bicyclic) bond motifs is 1. The molecule has 1 saturated heterocycles. The van der Waals surface area contributed by atoms with E-state index in [0.717, 1.165) is 29.7 Å². The Hall–Kier alpha value is -2.37. The monoisotopic (exact) mass is 313 g/mol. The van der Waals surface area contributed by atoms with Gasteiger partial charge in [0.2, 0.25) is 0 Å². The second-order valence-corrected chi connectivity index (χ2v) is 6.91. The first-order valence-corrected chi connectivity index (χ1v) is 7.96. The standard InChI is InChI=1S/C17H23N5O/c1-17(2,3)19-16(23)22-10-8-21(9-11-22)15-14-7-5-4-6-13(14)12-18-20-15/h4-7,12H,8-11H2,1-3H3,(H,19,23). The van der Waals surface area contributed by atoms with Crippen LogP contribution in [0.15, 0.2) is 30.5 Å². The summed E-state index contributed by atoms with van der Waals surface area (Å²) in [6.07, 6.45) is 1.78. The summed E-state index contributed by atoms with van der Waals surface area (Å²) in [5.41, 5.74) is -0.213. The average Bonchev–Trinajstić information content (AvgIpc) is 2.53. The van der Waals surface area contributed by atoms with Crippen LogP contribution in [0.1, 0.15) is 20.8 Å². The van der Waals surface area contributed by atoms with E-state index in [0.29, 0.717) is 13.1 Å². The number of carbonyl (C=O) groups excluding carboxylic acids is 1. The van der Waals surface area contributed by atoms with Gasteiger partial charge >= 0.3 is 6.03 Å². The number of nitrogens with zero attached hydrogens (tertiary/aromatic N) is 4. The van der Waals surface area contributed by atoms with Crippen LogP contribution in [-0.4, -0.2) is 52.8 Å².